The van der Waals surface area contributed by atoms with Crippen molar-refractivity contribution in [1.82, 2.24) is 15.3 Å². The van der Waals surface area contributed by atoms with Crippen LogP contribution in [0.5, 0.6) is 11.6 Å². The quantitative estimate of drug-likeness (QED) is 0.576. The first-order valence-electron chi connectivity index (χ1n) is 10.00. The third-order valence-electron chi connectivity index (χ3n) is 5.13. The summed E-state index contributed by atoms with van der Waals surface area (Å²) >= 11 is 3.46. The molecule has 2 heterocycles. The fourth-order valence-electron chi connectivity index (χ4n) is 3.54. The second kappa shape index (κ2) is 9.71. The summed E-state index contributed by atoms with van der Waals surface area (Å²) in [6.45, 7) is 2.01. The number of carbonyl (C=O) groups is 1. The molecule has 2 aromatic carbocycles. The van der Waals surface area contributed by atoms with Gasteiger partial charge in [-0.15, -0.1) is 0 Å². The molecule has 4 rings (SSSR count). The number of halogens is 1. The van der Waals surface area contributed by atoms with Crippen LogP contribution in [0.2, 0.25) is 0 Å². The highest BCUT2D eigenvalue weighted by molar-refractivity contribution is 9.10. The average molecular weight is 467 g/mol. The summed E-state index contributed by atoms with van der Waals surface area (Å²) in [5.74, 6) is 2.04. The highest BCUT2D eigenvalue weighted by Gasteiger charge is 2.27. The normalized spacial score (nSPS) is 14.4. The van der Waals surface area contributed by atoms with E-state index in [0.717, 1.165) is 41.7 Å². The second-order valence-electron chi connectivity index (χ2n) is 7.21. The lowest BCUT2D eigenvalue weighted by molar-refractivity contribution is -0.125. The Hall–Kier alpha value is -2.93. The summed E-state index contributed by atoms with van der Waals surface area (Å²) in [4.78, 5) is 23.6. The van der Waals surface area contributed by atoms with E-state index in [1.807, 2.05) is 54.6 Å². The molecule has 0 unspecified atom stereocenters. The molecule has 30 heavy (non-hydrogen) atoms. The number of aromatic nitrogens is 2. The number of para-hydroxylation sites is 1. The van der Waals surface area contributed by atoms with Crippen LogP contribution in [0.4, 0.5) is 5.82 Å². The maximum absolute atomic E-state index is 12.6. The van der Waals surface area contributed by atoms with Crippen LogP contribution in [-0.4, -0.2) is 29.0 Å². The molecule has 1 aromatic heterocycles. The van der Waals surface area contributed by atoms with E-state index in [-0.39, 0.29) is 11.8 Å². The Balaban J connectivity index is 1.34. The van der Waals surface area contributed by atoms with Crippen molar-refractivity contribution in [3.05, 3.63) is 77.0 Å². The molecule has 1 aliphatic rings. The number of rotatable bonds is 6. The van der Waals surface area contributed by atoms with Gasteiger partial charge < -0.3 is 15.0 Å². The van der Waals surface area contributed by atoms with Crippen molar-refractivity contribution in [1.29, 1.82) is 0 Å². The molecule has 154 valence electrons. The minimum absolute atomic E-state index is 0.00330. The molecule has 1 amide bonds. The zero-order valence-electron chi connectivity index (χ0n) is 16.5. The predicted octanol–water partition coefficient (Wildman–Crippen LogP) is 4.56. The van der Waals surface area contributed by atoms with E-state index < -0.39 is 0 Å². The van der Waals surface area contributed by atoms with Gasteiger partial charge in [-0.25, -0.2) is 9.97 Å². The minimum Gasteiger partial charge on any atom is -0.436 e. The molecule has 0 spiro atoms. The van der Waals surface area contributed by atoms with E-state index in [9.17, 15) is 4.79 Å². The van der Waals surface area contributed by atoms with Crippen LogP contribution in [0, 0.1) is 5.92 Å². The standard InChI is InChI=1S/C23H23BrN4O2/c24-19-6-4-5-17(15-19)16-27-22(29)18-9-13-28(14-10-18)21-23(26-12-11-25-21)30-20-7-2-1-3-8-20/h1-8,11-12,15,18H,9-10,13-14,16H2,(H,27,29). The van der Waals surface area contributed by atoms with Crippen molar-refractivity contribution >= 4 is 27.7 Å². The van der Waals surface area contributed by atoms with Crippen LogP contribution in [-0.2, 0) is 11.3 Å². The lowest BCUT2D eigenvalue weighted by atomic mass is 9.96. The molecule has 0 radical (unpaired) electrons. The number of benzene rings is 2. The molecule has 6 nitrogen and oxygen atoms in total. The molecule has 3 aromatic rings. The smallest absolute Gasteiger partial charge is 0.263 e. The maximum atomic E-state index is 12.6. The van der Waals surface area contributed by atoms with Gasteiger partial charge in [-0.1, -0.05) is 46.3 Å². The fourth-order valence-corrected chi connectivity index (χ4v) is 3.99. The number of ether oxygens (including phenoxy) is 1. The first-order valence-corrected chi connectivity index (χ1v) is 10.8. The summed E-state index contributed by atoms with van der Waals surface area (Å²) in [6, 6.07) is 17.5. The molecule has 0 bridgehead atoms. The van der Waals surface area contributed by atoms with Crippen molar-refractivity contribution in [2.75, 3.05) is 18.0 Å². The first-order chi connectivity index (χ1) is 14.7. The minimum atomic E-state index is 0.00330. The molecule has 1 saturated heterocycles. The summed E-state index contributed by atoms with van der Waals surface area (Å²) in [5.41, 5.74) is 1.08. The number of carbonyl (C=O) groups excluding carboxylic acids is 1. The van der Waals surface area contributed by atoms with Gasteiger partial charge in [0, 0.05) is 42.4 Å². The van der Waals surface area contributed by atoms with E-state index in [1.54, 1.807) is 12.4 Å². The van der Waals surface area contributed by atoms with Gasteiger partial charge in [0.05, 0.1) is 0 Å². The zero-order chi connectivity index (χ0) is 20.8. The molecule has 0 saturated carbocycles. The lowest BCUT2D eigenvalue weighted by Gasteiger charge is -2.32. The number of nitrogens with one attached hydrogen (secondary N) is 1. The monoisotopic (exact) mass is 466 g/mol. The molecule has 1 N–H and O–H groups in total. The van der Waals surface area contributed by atoms with Crippen LogP contribution >= 0.6 is 15.9 Å². The summed E-state index contributed by atoms with van der Waals surface area (Å²) < 4.78 is 6.95. The molecule has 7 heteroatoms. The molecule has 1 aliphatic heterocycles. The Morgan fingerprint density at radius 1 is 1.07 bits per heavy atom. The zero-order valence-corrected chi connectivity index (χ0v) is 18.1. The Bertz CT molecular complexity index is 991. The predicted molar refractivity (Wildman–Crippen MR) is 119 cm³/mol. The number of nitrogens with zero attached hydrogens (tertiary/aromatic N) is 3. The van der Waals surface area contributed by atoms with Crippen LogP contribution in [0.1, 0.15) is 18.4 Å². The number of anilines is 1. The molecular formula is C23H23BrN4O2. The van der Waals surface area contributed by atoms with Crippen molar-refractivity contribution < 1.29 is 9.53 Å². The first kappa shape index (κ1) is 20.3. The highest BCUT2D eigenvalue weighted by atomic mass is 79.9. The maximum Gasteiger partial charge on any atom is 0.263 e. The number of hydrogen-bond acceptors (Lipinski definition) is 5. The third-order valence-corrected chi connectivity index (χ3v) is 5.62. The van der Waals surface area contributed by atoms with Crippen LogP contribution in [0.25, 0.3) is 0 Å². The van der Waals surface area contributed by atoms with E-state index in [0.29, 0.717) is 18.2 Å². The average Bonchev–Trinajstić information content (AvgIpc) is 2.79. The van der Waals surface area contributed by atoms with Crippen LogP contribution in [0.3, 0.4) is 0 Å². The fraction of sp³-hybridized carbons (Fsp3) is 0.261. The topological polar surface area (TPSA) is 67.4 Å². The molecular weight excluding hydrogens is 444 g/mol. The van der Waals surface area contributed by atoms with Gasteiger partial charge in [0.25, 0.3) is 5.88 Å². The van der Waals surface area contributed by atoms with Crippen molar-refractivity contribution in [3.8, 4) is 11.6 Å². The SMILES string of the molecule is O=C(NCc1cccc(Br)c1)C1CCN(c2nccnc2Oc2ccccc2)CC1. The van der Waals surface area contributed by atoms with Gasteiger partial charge in [-0.3, -0.25) is 4.79 Å². The van der Waals surface area contributed by atoms with Gasteiger partial charge >= 0.3 is 0 Å². The van der Waals surface area contributed by atoms with E-state index >= 15 is 0 Å². The van der Waals surface area contributed by atoms with Gasteiger partial charge in [-0.2, -0.15) is 0 Å². The Labute approximate surface area is 184 Å². The van der Waals surface area contributed by atoms with Crippen LogP contribution < -0.4 is 15.0 Å². The van der Waals surface area contributed by atoms with Gasteiger partial charge in [0.2, 0.25) is 5.91 Å². The van der Waals surface area contributed by atoms with Gasteiger partial charge in [0.1, 0.15) is 5.75 Å². The van der Waals surface area contributed by atoms with E-state index in [4.69, 9.17) is 4.74 Å². The Morgan fingerprint density at radius 3 is 2.60 bits per heavy atom. The third kappa shape index (κ3) is 5.16. The number of piperidine rings is 1. The van der Waals surface area contributed by atoms with Crippen molar-refractivity contribution in [3.63, 3.8) is 0 Å². The largest absolute Gasteiger partial charge is 0.436 e. The Morgan fingerprint density at radius 2 is 1.83 bits per heavy atom. The summed E-state index contributed by atoms with van der Waals surface area (Å²) in [5, 5.41) is 3.06. The second-order valence-corrected chi connectivity index (χ2v) is 8.12. The van der Waals surface area contributed by atoms with Crippen molar-refractivity contribution in [2.45, 2.75) is 19.4 Å². The van der Waals surface area contributed by atoms with Gasteiger partial charge in [0.15, 0.2) is 5.82 Å². The lowest BCUT2D eigenvalue weighted by Crippen LogP contribution is -2.40. The number of hydrogen-bond donors (Lipinski definition) is 1. The summed E-state index contributed by atoms with van der Waals surface area (Å²) in [6.07, 6.45) is 4.84. The highest BCUT2D eigenvalue weighted by Crippen LogP contribution is 2.30. The van der Waals surface area contributed by atoms with Crippen LogP contribution in [0.15, 0.2) is 71.5 Å². The van der Waals surface area contributed by atoms with Crippen molar-refractivity contribution in [2.24, 2.45) is 5.92 Å². The van der Waals surface area contributed by atoms with E-state index in [2.05, 4.69) is 36.1 Å². The molecule has 0 atom stereocenters. The summed E-state index contributed by atoms with van der Waals surface area (Å²) in [7, 11) is 0. The molecule has 0 aliphatic carbocycles. The Kier molecular flexibility index (Phi) is 6.59. The van der Waals surface area contributed by atoms with Gasteiger partial charge in [-0.05, 0) is 42.7 Å². The number of amides is 1. The molecule has 1 fully saturated rings. The van der Waals surface area contributed by atoms with E-state index in [1.165, 1.54) is 0 Å².